The third kappa shape index (κ3) is 10.4. The normalized spacial score (nSPS) is 31.8. The fourth-order valence-corrected chi connectivity index (χ4v) is 5.22. The van der Waals surface area contributed by atoms with Crippen LogP contribution in [0.4, 0.5) is 0 Å². The molecule has 6 atom stereocenters. The van der Waals surface area contributed by atoms with E-state index in [2.05, 4.69) is 48.2 Å². The maximum atomic E-state index is 11.0. The third-order valence-electron chi connectivity index (χ3n) is 6.40. The fourth-order valence-electron chi connectivity index (χ4n) is 4.87. The van der Waals surface area contributed by atoms with Crippen LogP contribution >= 0.6 is 8.58 Å². The number of ether oxygens (including phenoxy) is 3. The summed E-state index contributed by atoms with van der Waals surface area (Å²) in [6.45, 7) is 22.9. The number of fused-ring (bicyclic) bond motifs is 2. The van der Waals surface area contributed by atoms with E-state index in [9.17, 15) is 4.79 Å². The lowest BCUT2D eigenvalue weighted by atomic mass is 9.61. The van der Waals surface area contributed by atoms with E-state index >= 15 is 0 Å². The minimum absolute atomic E-state index is 0.209. The van der Waals surface area contributed by atoms with Crippen molar-refractivity contribution in [2.45, 2.75) is 130 Å². The van der Waals surface area contributed by atoms with E-state index in [0.29, 0.717) is 30.1 Å². The highest BCUT2D eigenvalue weighted by Crippen LogP contribution is 2.51. The van der Waals surface area contributed by atoms with Gasteiger partial charge in [0.15, 0.2) is 6.29 Å². The Morgan fingerprint density at radius 3 is 2.30 bits per heavy atom. The average molecular weight is 447 g/mol. The smallest absolute Gasteiger partial charge is 0.293 e. The number of hydrogen-bond donors (Lipinski definition) is 0. The molecule has 0 aromatic carbocycles. The van der Waals surface area contributed by atoms with E-state index in [1.54, 1.807) is 0 Å². The zero-order chi connectivity index (χ0) is 23.4. The zero-order valence-electron chi connectivity index (χ0n) is 21.6. The molecule has 0 saturated heterocycles. The van der Waals surface area contributed by atoms with Crippen molar-refractivity contribution in [1.82, 2.24) is 0 Å². The summed E-state index contributed by atoms with van der Waals surface area (Å²) in [6.07, 6.45) is 7.03. The Balaban J connectivity index is 0.000000795. The average Bonchev–Trinajstić information content (AvgIpc) is 2.67. The second kappa shape index (κ2) is 14.1. The van der Waals surface area contributed by atoms with Crippen molar-refractivity contribution in [3.05, 3.63) is 0 Å². The van der Waals surface area contributed by atoms with Crippen molar-refractivity contribution in [1.29, 1.82) is 0 Å². The van der Waals surface area contributed by atoms with E-state index in [4.69, 9.17) is 14.2 Å². The largest absolute Gasteiger partial charge is 0.461 e. The highest BCUT2D eigenvalue weighted by Gasteiger charge is 2.52. The van der Waals surface area contributed by atoms with E-state index in [-0.39, 0.29) is 17.5 Å². The highest BCUT2D eigenvalue weighted by atomic mass is 31.1. The molecule has 180 valence electrons. The molecule has 2 bridgehead atoms. The standard InChI is InChI=1S/C17H30O4.C6H15P.C2H6/c1-5-6-19-14(3)21-16(4)9-15-7-13(2)8-17(10-15,11-16)20-12-18;1-5-6(2,3)7-4;1-2/h12-15H,5-11H2,1-4H3;7H,5H2,1-4H3;1-2H3. The van der Waals surface area contributed by atoms with Gasteiger partial charge in [0.2, 0.25) is 0 Å². The summed E-state index contributed by atoms with van der Waals surface area (Å²) in [5, 5.41) is 0.611. The molecular formula is C25H51O4P. The highest BCUT2D eigenvalue weighted by molar-refractivity contribution is 7.38. The second-order valence-electron chi connectivity index (χ2n) is 9.89. The van der Waals surface area contributed by atoms with E-state index in [1.165, 1.54) is 12.8 Å². The van der Waals surface area contributed by atoms with Crippen molar-refractivity contribution in [3.63, 3.8) is 0 Å². The van der Waals surface area contributed by atoms with Crippen molar-refractivity contribution in [2.75, 3.05) is 13.3 Å². The van der Waals surface area contributed by atoms with Gasteiger partial charge in [-0.05, 0) is 76.0 Å². The predicted octanol–water partition coefficient (Wildman–Crippen LogP) is 7.19. The van der Waals surface area contributed by atoms with Crippen LogP contribution in [0, 0.1) is 11.8 Å². The molecule has 0 aromatic rings. The molecule has 0 aromatic heterocycles. The minimum Gasteiger partial charge on any atom is -0.461 e. The van der Waals surface area contributed by atoms with Crippen molar-refractivity contribution >= 4 is 15.1 Å². The van der Waals surface area contributed by atoms with Crippen molar-refractivity contribution in [2.24, 2.45) is 11.8 Å². The predicted molar refractivity (Wildman–Crippen MR) is 131 cm³/mol. The third-order valence-corrected chi connectivity index (χ3v) is 8.11. The maximum Gasteiger partial charge on any atom is 0.293 e. The van der Waals surface area contributed by atoms with Gasteiger partial charge in [-0.3, -0.25) is 4.79 Å². The Bertz CT molecular complexity index is 460. The number of carbonyl (C=O) groups excluding carboxylic acids is 1. The minimum atomic E-state index is -0.332. The quantitative estimate of drug-likeness (QED) is 0.214. The zero-order valence-corrected chi connectivity index (χ0v) is 22.6. The summed E-state index contributed by atoms with van der Waals surface area (Å²) in [7, 11) is 1.08. The van der Waals surface area contributed by atoms with E-state index in [0.717, 1.165) is 40.7 Å². The van der Waals surface area contributed by atoms with Gasteiger partial charge in [0.05, 0.1) is 5.60 Å². The Labute approximate surface area is 189 Å². The van der Waals surface area contributed by atoms with Gasteiger partial charge in [-0.1, -0.05) is 48.5 Å². The van der Waals surface area contributed by atoms with Crippen LogP contribution in [-0.4, -0.2) is 42.4 Å². The summed E-state index contributed by atoms with van der Waals surface area (Å²) in [5.41, 5.74) is -0.596. The Kier molecular flexibility index (Phi) is 14.0. The van der Waals surface area contributed by atoms with Crippen LogP contribution in [0.3, 0.4) is 0 Å². The van der Waals surface area contributed by atoms with Crippen LogP contribution < -0.4 is 0 Å². The lowest BCUT2D eigenvalue weighted by Crippen LogP contribution is -2.54. The van der Waals surface area contributed by atoms with Gasteiger partial charge in [0.1, 0.15) is 5.60 Å². The fraction of sp³-hybridized carbons (Fsp3) is 0.960. The first-order valence-corrected chi connectivity index (χ1v) is 13.6. The van der Waals surface area contributed by atoms with E-state index < -0.39 is 0 Å². The topological polar surface area (TPSA) is 44.8 Å². The maximum absolute atomic E-state index is 11.0. The van der Waals surface area contributed by atoms with Gasteiger partial charge in [0.25, 0.3) is 6.47 Å². The van der Waals surface area contributed by atoms with Crippen LogP contribution in [0.25, 0.3) is 0 Å². The number of hydrogen-bond acceptors (Lipinski definition) is 4. The molecule has 0 heterocycles. The first-order chi connectivity index (χ1) is 14.0. The number of rotatable bonds is 9. The summed E-state index contributed by atoms with van der Waals surface area (Å²) in [4.78, 5) is 11.0. The molecule has 0 radical (unpaired) electrons. The molecule has 5 heteroatoms. The lowest BCUT2D eigenvalue weighted by Gasteiger charge is -2.53. The van der Waals surface area contributed by atoms with Gasteiger partial charge in [-0.15, -0.1) is 8.58 Å². The van der Waals surface area contributed by atoms with Gasteiger partial charge in [0, 0.05) is 13.0 Å². The van der Waals surface area contributed by atoms with E-state index in [1.807, 2.05) is 20.8 Å². The molecule has 0 amide bonds. The molecular weight excluding hydrogens is 395 g/mol. The van der Waals surface area contributed by atoms with Crippen molar-refractivity contribution in [3.8, 4) is 0 Å². The molecule has 2 rings (SSSR count). The van der Waals surface area contributed by atoms with Gasteiger partial charge < -0.3 is 14.2 Å². The van der Waals surface area contributed by atoms with Gasteiger partial charge >= 0.3 is 0 Å². The molecule has 30 heavy (non-hydrogen) atoms. The first-order valence-electron chi connectivity index (χ1n) is 12.1. The summed E-state index contributed by atoms with van der Waals surface area (Å²) >= 11 is 0. The Hall–Kier alpha value is -0.180. The van der Waals surface area contributed by atoms with Crippen LogP contribution in [0.2, 0.25) is 0 Å². The Morgan fingerprint density at radius 1 is 1.20 bits per heavy atom. The van der Waals surface area contributed by atoms with Crippen LogP contribution in [0.1, 0.15) is 107 Å². The summed E-state index contributed by atoms with van der Waals surface area (Å²) < 4.78 is 17.4. The summed E-state index contributed by atoms with van der Waals surface area (Å²) in [5.74, 6) is 1.19. The molecule has 6 unspecified atom stereocenters. The van der Waals surface area contributed by atoms with Gasteiger partial charge in [-0.25, -0.2) is 0 Å². The van der Waals surface area contributed by atoms with Gasteiger partial charge in [-0.2, -0.15) is 0 Å². The molecule has 0 N–H and O–H groups in total. The number of carbonyl (C=O) groups is 1. The lowest BCUT2D eigenvalue weighted by molar-refractivity contribution is -0.241. The summed E-state index contributed by atoms with van der Waals surface area (Å²) in [6, 6.07) is 0. The molecule has 2 saturated carbocycles. The SMILES string of the molecule is CC.CCC(C)(C)PC.CCCOC(C)OC1(C)CC2CC(C)CC(OC=O)(C2)C1. The van der Waals surface area contributed by atoms with Crippen molar-refractivity contribution < 1.29 is 19.0 Å². The molecule has 2 aliphatic rings. The van der Waals surface area contributed by atoms with Crippen LogP contribution in [-0.2, 0) is 19.0 Å². The van der Waals surface area contributed by atoms with Crippen LogP contribution in [0.5, 0.6) is 0 Å². The molecule has 2 fully saturated rings. The molecule has 2 aliphatic carbocycles. The molecule has 0 spiro atoms. The Morgan fingerprint density at radius 2 is 1.83 bits per heavy atom. The molecule has 0 aliphatic heterocycles. The first kappa shape index (κ1) is 29.8. The molecule has 4 nitrogen and oxygen atoms in total. The monoisotopic (exact) mass is 446 g/mol. The second-order valence-corrected chi connectivity index (χ2v) is 11.7. The van der Waals surface area contributed by atoms with Crippen LogP contribution in [0.15, 0.2) is 0 Å².